The predicted octanol–water partition coefficient (Wildman–Crippen LogP) is 6.16. The van der Waals surface area contributed by atoms with E-state index in [1.807, 2.05) is 84.9 Å². The van der Waals surface area contributed by atoms with Crippen LogP contribution in [-0.4, -0.2) is 17.5 Å². The number of nitrogens with zero attached hydrogens (tertiary/aromatic N) is 2. The normalized spacial score (nSPS) is 13.0. The summed E-state index contributed by atoms with van der Waals surface area (Å²) < 4.78 is 0. The van der Waals surface area contributed by atoms with Crippen molar-refractivity contribution >= 4 is 34.0 Å². The van der Waals surface area contributed by atoms with Crippen LogP contribution in [0.2, 0.25) is 0 Å². The van der Waals surface area contributed by atoms with Crippen LogP contribution in [0.1, 0.15) is 37.4 Å². The van der Waals surface area contributed by atoms with Crippen molar-refractivity contribution in [2.24, 2.45) is 5.10 Å². The van der Waals surface area contributed by atoms with Crippen LogP contribution in [0.25, 0.3) is 21.9 Å². The summed E-state index contributed by atoms with van der Waals surface area (Å²) in [6.45, 7) is 0.435. The molecular formula is C32H21N3O2. The zero-order valence-corrected chi connectivity index (χ0v) is 19.8. The lowest BCUT2D eigenvalue weighted by molar-refractivity contribution is 0.0953. The van der Waals surface area contributed by atoms with Gasteiger partial charge >= 0.3 is 0 Å². The molecule has 0 atom stereocenters. The van der Waals surface area contributed by atoms with Crippen molar-refractivity contribution < 1.29 is 9.59 Å². The molecule has 2 amide bonds. The number of hydrazone groups is 1. The van der Waals surface area contributed by atoms with Gasteiger partial charge in [0, 0.05) is 27.6 Å². The molecule has 5 aromatic rings. The van der Waals surface area contributed by atoms with E-state index in [1.54, 1.807) is 17.0 Å². The molecule has 7 rings (SSSR count). The summed E-state index contributed by atoms with van der Waals surface area (Å²) >= 11 is 0. The summed E-state index contributed by atoms with van der Waals surface area (Å²) in [6, 6.07) is 35.3. The smallest absolute Gasteiger partial charge is 0.271 e. The van der Waals surface area contributed by atoms with Crippen LogP contribution in [0, 0.1) is 0 Å². The van der Waals surface area contributed by atoms with Crippen molar-refractivity contribution in [1.82, 2.24) is 5.43 Å². The van der Waals surface area contributed by atoms with Gasteiger partial charge in [-0.1, -0.05) is 84.9 Å². The Bertz CT molecular complexity index is 1720. The molecule has 0 saturated carbocycles. The minimum Gasteiger partial charge on any atom is -0.303 e. The Morgan fingerprint density at radius 1 is 0.676 bits per heavy atom. The summed E-state index contributed by atoms with van der Waals surface area (Å²) in [5.74, 6) is -0.281. The Balaban J connectivity index is 1.11. The van der Waals surface area contributed by atoms with Crippen LogP contribution in [0.3, 0.4) is 0 Å². The molecule has 0 bridgehead atoms. The van der Waals surface area contributed by atoms with E-state index >= 15 is 0 Å². The molecule has 176 valence electrons. The van der Waals surface area contributed by atoms with Gasteiger partial charge in [-0.15, -0.1) is 0 Å². The third-order valence-corrected chi connectivity index (χ3v) is 7.13. The van der Waals surface area contributed by atoms with E-state index in [2.05, 4.69) is 22.7 Å². The van der Waals surface area contributed by atoms with Crippen LogP contribution in [0.15, 0.2) is 114 Å². The van der Waals surface area contributed by atoms with Gasteiger partial charge in [-0.05, 0) is 46.3 Å². The molecule has 2 aliphatic rings. The lowest BCUT2D eigenvalue weighted by Crippen LogP contribution is -2.26. The van der Waals surface area contributed by atoms with Crippen LogP contribution in [0.4, 0.5) is 5.69 Å². The molecule has 1 aliphatic heterocycles. The fraction of sp³-hybridized carbons (Fsp3) is 0.0312. The number of benzene rings is 5. The van der Waals surface area contributed by atoms with Crippen LogP contribution >= 0.6 is 0 Å². The average molecular weight is 480 g/mol. The van der Waals surface area contributed by atoms with Gasteiger partial charge in [0.25, 0.3) is 11.8 Å². The first kappa shape index (κ1) is 21.3. The highest BCUT2D eigenvalue weighted by Crippen LogP contribution is 2.38. The number of anilines is 1. The van der Waals surface area contributed by atoms with Gasteiger partial charge in [0.1, 0.15) is 0 Å². The van der Waals surface area contributed by atoms with Crippen molar-refractivity contribution in [1.29, 1.82) is 0 Å². The van der Waals surface area contributed by atoms with Crippen molar-refractivity contribution in [3.8, 4) is 11.1 Å². The average Bonchev–Trinajstić information content (AvgIpc) is 3.41. The maximum absolute atomic E-state index is 13.1. The number of hydrogen-bond acceptors (Lipinski definition) is 3. The molecule has 1 N–H and O–H groups in total. The summed E-state index contributed by atoms with van der Waals surface area (Å²) in [7, 11) is 0. The molecule has 0 fully saturated rings. The van der Waals surface area contributed by atoms with Crippen molar-refractivity contribution in [2.75, 3.05) is 4.90 Å². The van der Waals surface area contributed by atoms with E-state index in [0.717, 1.165) is 55.6 Å². The predicted molar refractivity (Wildman–Crippen MR) is 146 cm³/mol. The topological polar surface area (TPSA) is 61.8 Å². The van der Waals surface area contributed by atoms with Gasteiger partial charge < -0.3 is 4.90 Å². The first-order valence-corrected chi connectivity index (χ1v) is 12.2. The standard InChI is InChI=1S/C32H21N3O2/c36-31(34-33-30-25-11-3-1-9-23(25)24-10-2-4-12-26(24)30)22-17-15-20(16-18-22)19-35-28-14-6-8-21-7-5-13-27(29(21)28)32(35)37/h1-18H,19H2,(H,34,36). The summed E-state index contributed by atoms with van der Waals surface area (Å²) in [5.41, 5.74) is 10.8. The minimum absolute atomic E-state index is 0.00145. The van der Waals surface area contributed by atoms with Gasteiger partial charge in [-0.3, -0.25) is 9.59 Å². The third-order valence-electron chi connectivity index (χ3n) is 7.13. The number of rotatable bonds is 4. The van der Waals surface area contributed by atoms with Gasteiger partial charge in [0.05, 0.1) is 17.9 Å². The number of amides is 2. The van der Waals surface area contributed by atoms with Crippen molar-refractivity contribution in [2.45, 2.75) is 6.54 Å². The lowest BCUT2D eigenvalue weighted by atomic mass is 10.1. The summed E-state index contributed by atoms with van der Waals surface area (Å²) in [6.07, 6.45) is 0. The van der Waals surface area contributed by atoms with Gasteiger partial charge in [-0.25, -0.2) is 5.43 Å². The Labute approximate surface area is 213 Å². The second-order valence-corrected chi connectivity index (χ2v) is 9.26. The molecule has 5 aromatic carbocycles. The van der Waals surface area contributed by atoms with E-state index in [0.29, 0.717) is 12.1 Å². The van der Waals surface area contributed by atoms with Crippen molar-refractivity contribution in [3.05, 3.63) is 137 Å². The quantitative estimate of drug-likeness (QED) is 0.308. The lowest BCUT2D eigenvalue weighted by Gasteiger charge is -2.18. The number of nitrogens with one attached hydrogen (secondary N) is 1. The number of carbonyl (C=O) groups excluding carboxylic acids is 2. The van der Waals surface area contributed by atoms with Gasteiger partial charge in [-0.2, -0.15) is 5.10 Å². The monoisotopic (exact) mass is 479 g/mol. The van der Waals surface area contributed by atoms with Crippen LogP contribution in [-0.2, 0) is 6.54 Å². The molecule has 0 saturated heterocycles. The van der Waals surface area contributed by atoms with Gasteiger partial charge in [0.15, 0.2) is 0 Å². The molecule has 1 heterocycles. The Hall–Kier alpha value is -5.03. The minimum atomic E-state index is -0.282. The van der Waals surface area contributed by atoms with E-state index in [-0.39, 0.29) is 11.8 Å². The maximum atomic E-state index is 13.1. The Morgan fingerprint density at radius 3 is 1.95 bits per heavy atom. The highest BCUT2D eigenvalue weighted by molar-refractivity contribution is 6.25. The van der Waals surface area contributed by atoms with Crippen LogP contribution < -0.4 is 10.3 Å². The molecule has 0 unspecified atom stereocenters. The zero-order valence-electron chi connectivity index (χ0n) is 19.8. The Kier molecular flexibility index (Phi) is 4.76. The fourth-order valence-corrected chi connectivity index (χ4v) is 5.37. The van der Waals surface area contributed by atoms with Crippen LogP contribution in [0.5, 0.6) is 0 Å². The molecule has 0 aromatic heterocycles. The van der Waals surface area contributed by atoms with E-state index in [1.165, 1.54) is 0 Å². The van der Waals surface area contributed by atoms with E-state index in [4.69, 9.17) is 0 Å². The number of fused-ring (bicyclic) bond motifs is 3. The molecule has 37 heavy (non-hydrogen) atoms. The largest absolute Gasteiger partial charge is 0.303 e. The number of carbonyl (C=O) groups is 2. The molecule has 5 nitrogen and oxygen atoms in total. The molecule has 1 aliphatic carbocycles. The van der Waals surface area contributed by atoms with E-state index in [9.17, 15) is 9.59 Å². The second-order valence-electron chi connectivity index (χ2n) is 9.26. The van der Waals surface area contributed by atoms with E-state index < -0.39 is 0 Å². The number of hydrogen-bond donors (Lipinski definition) is 1. The van der Waals surface area contributed by atoms with Gasteiger partial charge in [0.2, 0.25) is 0 Å². The van der Waals surface area contributed by atoms with Crippen molar-refractivity contribution in [3.63, 3.8) is 0 Å². The highest BCUT2D eigenvalue weighted by atomic mass is 16.2. The zero-order chi connectivity index (χ0) is 24.9. The maximum Gasteiger partial charge on any atom is 0.271 e. The fourth-order valence-electron chi connectivity index (χ4n) is 5.37. The Morgan fingerprint density at radius 2 is 1.27 bits per heavy atom. The first-order chi connectivity index (χ1) is 18.2. The highest BCUT2D eigenvalue weighted by Gasteiger charge is 2.29. The summed E-state index contributed by atoms with van der Waals surface area (Å²) in [4.78, 5) is 27.8. The molecule has 0 radical (unpaired) electrons. The SMILES string of the molecule is O=C(NN=C1c2ccccc2-c2ccccc21)c1ccc(CN2C(=O)c3cccc4cccc2c34)cc1. The second kappa shape index (κ2) is 8.28. The molecule has 0 spiro atoms. The molecular weight excluding hydrogens is 458 g/mol. The first-order valence-electron chi connectivity index (χ1n) is 12.2. The third kappa shape index (κ3) is 3.36. The summed E-state index contributed by atoms with van der Waals surface area (Å²) in [5, 5.41) is 6.57. The molecule has 5 heteroatoms.